The Kier molecular flexibility index (Phi) is 6.46. The normalized spacial score (nSPS) is 10.2. The SMILES string of the molecule is COc1cccc(NC(=S)NCCCN(C)C)c1. The zero-order valence-electron chi connectivity index (χ0n) is 11.2. The van der Waals surface area contributed by atoms with E-state index in [0.29, 0.717) is 5.11 Å². The molecule has 5 heteroatoms. The van der Waals surface area contributed by atoms with Crippen molar-refractivity contribution in [3.8, 4) is 5.75 Å². The van der Waals surface area contributed by atoms with Crippen molar-refractivity contribution in [3.05, 3.63) is 24.3 Å². The summed E-state index contributed by atoms with van der Waals surface area (Å²) in [6.07, 6.45) is 1.06. The fraction of sp³-hybridized carbons (Fsp3) is 0.462. The van der Waals surface area contributed by atoms with Gasteiger partial charge in [0.25, 0.3) is 0 Å². The summed E-state index contributed by atoms with van der Waals surface area (Å²) in [5, 5.41) is 6.95. The number of rotatable bonds is 6. The van der Waals surface area contributed by atoms with Crippen molar-refractivity contribution in [2.75, 3.05) is 39.6 Å². The first-order chi connectivity index (χ1) is 8.61. The van der Waals surface area contributed by atoms with Crippen molar-refractivity contribution >= 4 is 23.0 Å². The first kappa shape index (κ1) is 14.7. The van der Waals surface area contributed by atoms with E-state index in [2.05, 4.69) is 29.6 Å². The van der Waals surface area contributed by atoms with Crippen molar-refractivity contribution in [3.63, 3.8) is 0 Å². The van der Waals surface area contributed by atoms with Gasteiger partial charge in [0, 0.05) is 18.3 Å². The number of hydrogen-bond donors (Lipinski definition) is 2. The molecule has 0 saturated heterocycles. The number of nitrogens with zero attached hydrogens (tertiary/aromatic N) is 1. The fourth-order valence-corrected chi connectivity index (χ4v) is 1.69. The molecule has 0 unspecified atom stereocenters. The predicted molar refractivity (Wildman–Crippen MR) is 80.4 cm³/mol. The van der Waals surface area contributed by atoms with Gasteiger partial charge in [0.2, 0.25) is 0 Å². The van der Waals surface area contributed by atoms with Crippen LogP contribution in [0.1, 0.15) is 6.42 Å². The second kappa shape index (κ2) is 7.89. The molecule has 1 aromatic carbocycles. The highest BCUT2D eigenvalue weighted by Crippen LogP contribution is 2.16. The van der Waals surface area contributed by atoms with E-state index in [9.17, 15) is 0 Å². The highest BCUT2D eigenvalue weighted by Gasteiger charge is 1.99. The molecule has 0 saturated carbocycles. The molecule has 0 spiro atoms. The van der Waals surface area contributed by atoms with E-state index in [1.807, 2.05) is 24.3 Å². The maximum absolute atomic E-state index is 5.22. The molecule has 1 aromatic rings. The second-order valence-corrected chi connectivity index (χ2v) is 4.68. The maximum atomic E-state index is 5.22. The number of methoxy groups -OCH3 is 1. The molecule has 0 atom stereocenters. The van der Waals surface area contributed by atoms with Gasteiger partial charge >= 0.3 is 0 Å². The minimum absolute atomic E-state index is 0.641. The zero-order chi connectivity index (χ0) is 13.4. The number of hydrogen-bond acceptors (Lipinski definition) is 3. The van der Waals surface area contributed by atoms with Crippen molar-refractivity contribution in [1.29, 1.82) is 0 Å². The predicted octanol–water partition coefficient (Wildman–Crippen LogP) is 1.93. The average Bonchev–Trinajstić information content (AvgIpc) is 2.34. The van der Waals surface area contributed by atoms with Gasteiger partial charge in [-0.05, 0) is 51.4 Å². The number of anilines is 1. The van der Waals surface area contributed by atoms with Crippen LogP contribution in [0.2, 0.25) is 0 Å². The molecular formula is C13H21N3OS. The highest BCUT2D eigenvalue weighted by atomic mass is 32.1. The molecule has 1 rings (SSSR count). The first-order valence-electron chi connectivity index (χ1n) is 5.95. The highest BCUT2D eigenvalue weighted by molar-refractivity contribution is 7.80. The molecule has 2 N–H and O–H groups in total. The first-order valence-corrected chi connectivity index (χ1v) is 6.36. The number of ether oxygens (including phenoxy) is 1. The summed E-state index contributed by atoms with van der Waals surface area (Å²) >= 11 is 5.22. The summed E-state index contributed by atoms with van der Waals surface area (Å²) in [6, 6.07) is 7.69. The van der Waals surface area contributed by atoms with Gasteiger partial charge in [-0.25, -0.2) is 0 Å². The van der Waals surface area contributed by atoms with Gasteiger partial charge in [-0.1, -0.05) is 6.07 Å². The van der Waals surface area contributed by atoms with E-state index in [1.54, 1.807) is 7.11 Å². The fourth-order valence-electron chi connectivity index (χ4n) is 1.47. The van der Waals surface area contributed by atoms with Crippen LogP contribution in [0.5, 0.6) is 5.75 Å². The van der Waals surface area contributed by atoms with Crippen LogP contribution in [-0.4, -0.2) is 44.3 Å². The van der Waals surface area contributed by atoms with Crippen LogP contribution in [0.15, 0.2) is 24.3 Å². The monoisotopic (exact) mass is 267 g/mol. The summed E-state index contributed by atoms with van der Waals surface area (Å²) in [5.74, 6) is 0.815. The van der Waals surface area contributed by atoms with Crippen LogP contribution in [0.3, 0.4) is 0 Å². The van der Waals surface area contributed by atoms with E-state index in [0.717, 1.165) is 30.9 Å². The molecule has 0 amide bonds. The van der Waals surface area contributed by atoms with Crippen LogP contribution in [0, 0.1) is 0 Å². The largest absolute Gasteiger partial charge is 0.497 e. The lowest BCUT2D eigenvalue weighted by Gasteiger charge is -2.13. The maximum Gasteiger partial charge on any atom is 0.170 e. The summed E-state index contributed by atoms with van der Waals surface area (Å²) in [6.45, 7) is 1.92. The van der Waals surface area contributed by atoms with Crippen molar-refractivity contribution in [2.45, 2.75) is 6.42 Å². The van der Waals surface area contributed by atoms with Crippen LogP contribution < -0.4 is 15.4 Å². The molecule has 0 aliphatic heterocycles. The standard InChI is InChI=1S/C13H21N3OS/c1-16(2)9-5-8-14-13(18)15-11-6-4-7-12(10-11)17-3/h4,6-7,10H,5,8-9H2,1-3H3,(H2,14,15,18). The number of thiocarbonyl (C=S) groups is 1. The molecule has 0 aliphatic carbocycles. The lowest BCUT2D eigenvalue weighted by molar-refractivity contribution is 0.400. The Morgan fingerprint density at radius 1 is 1.39 bits per heavy atom. The third-order valence-electron chi connectivity index (χ3n) is 2.40. The van der Waals surface area contributed by atoms with E-state index in [4.69, 9.17) is 17.0 Å². The average molecular weight is 267 g/mol. The topological polar surface area (TPSA) is 36.5 Å². The summed E-state index contributed by atoms with van der Waals surface area (Å²) in [5.41, 5.74) is 0.930. The number of nitrogens with one attached hydrogen (secondary N) is 2. The van der Waals surface area contributed by atoms with Crippen LogP contribution >= 0.6 is 12.2 Å². The number of benzene rings is 1. The van der Waals surface area contributed by atoms with Gasteiger partial charge in [0.1, 0.15) is 5.75 Å². The van der Waals surface area contributed by atoms with E-state index < -0.39 is 0 Å². The van der Waals surface area contributed by atoms with Crippen LogP contribution in [0.25, 0.3) is 0 Å². The molecule has 18 heavy (non-hydrogen) atoms. The van der Waals surface area contributed by atoms with Gasteiger partial charge in [-0.15, -0.1) is 0 Å². The van der Waals surface area contributed by atoms with Crippen molar-refractivity contribution < 1.29 is 4.74 Å². The van der Waals surface area contributed by atoms with Crippen LogP contribution in [-0.2, 0) is 0 Å². The molecule has 0 radical (unpaired) electrons. The van der Waals surface area contributed by atoms with Gasteiger partial charge in [0.15, 0.2) is 5.11 Å². The minimum Gasteiger partial charge on any atom is -0.497 e. The molecule has 0 aromatic heterocycles. The van der Waals surface area contributed by atoms with Crippen LogP contribution in [0.4, 0.5) is 5.69 Å². The molecule has 0 bridgehead atoms. The lowest BCUT2D eigenvalue weighted by Crippen LogP contribution is -2.30. The summed E-state index contributed by atoms with van der Waals surface area (Å²) in [7, 11) is 5.77. The van der Waals surface area contributed by atoms with Crippen molar-refractivity contribution in [1.82, 2.24) is 10.2 Å². The van der Waals surface area contributed by atoms with E-state index in [-0.39, 0.29) is 0 Å². The molecular weight excluding hydrogens is 246 g/mol. The van der Waals surface area contributed by atoms with Gasteiger partial charge < -0.3 is 20.3 Å². The Labute approximate surface area is 114 Å². The Balaban J connectivity index is 2.30. The molecule has 0 fully saturated rings. The van der Waals surface area contributed by atoms with E-state index in [1.165, 1.54) is 0 Å². The zero-order valence-corrected chi connectivity index (χ0v) is 12.0. The Hall–Kier alpha value is -1.33. The molecule has 0 aliphatic rings. The summed E-state index contributed by atoms with van der Waals surface area (Å²) in [4.78, 5) is 2.15. The second-order valence-electron chi connectivity index (χ2n) is 4.27. The third kappa shape index (κ3) is 5.84. The molecule has 100 valence electrons. The van der Waals surface area contributed by atoms with Gasteiger partial charge in [-0.3, -0.25) is 0 Å². The summed E-state index contributed by atoms with van der Waals surface area (Å²) < 4.78 is 5.15. The smallest absolute Gasteiger partial charge is 0.170 e. The van der Waals surface area contributed by atoms with E-state index >= 15 is 0 Å². The molecule has 0 heterocycles. The minimum atomic E-state index is 0.641. The third-order valence-corrected chi connectivity index (χ3v) is 2.64. The van der Waals surface area contributed by atoms with Gasteiger partial charge in [-0.2, -0.15) is 0 Å². The quantitative estimate of drug-likeness (QED) is 0.608. The Bertz CT molecular complexity index is 382. The van der Waals surface area contributed by atoms with Gasteiger partial charge in [0.05, 0.1) is 7.11 Å². The molecule has 4 nitrogen and oxygen atoms in total. The van der Waals surface area contributed by atoms with Crippen molar-refractivity contribution in [2.24, 2.45) is 0 Å². The Morgan fingerprint density at radius 3 is 2.83 bits per heavy atom. The lowest BCUT2D eigenvalue weighted by atomic mass is 10.3. The Morgan fingerprint density at radius 2 is 2.17 bits per heavy atom.